The number of nitrogens with one attached hydrogen (secondary N) is 3. The Kier molecular flexibility index (Phi) is 4.60. The number of anilines is 1. The quantitative estimate of drug-likeness (QED) is 0.752. The highest BCUT2D eigenvalue weighted by atomic mass is 16.2. The van der Waals surface area contributed by atoms with Crippen molar-refractivity contribution in [2.24, 2.45) is 0 Å². The molecule has 124 valence electrons. The van der Waals surface area contributed by atoms with Crippen LogP contribution in [-0.4, -0.2) is 33.6 Å². The van der Waals surface area contributed by atoms with Gasteiger partial charge >= 0.3 is 6.03 Å². The molecule has 24 heavy (non-hydrogen) atoms. The SMILES string of the molecule is CCNC(=O)N1Cc2n[nH]c(NC(=O)C=Cc3ccccc3)c2C1. The number of carbonyl (C=O) groups excluding carboxylic acids is 2. The number of H-pyrrole nitrogens is 1. The number of urea groups is 1. The Morgan fingerprint density at radius 2 is 2.08 bits per heavy atom. The average molecular weight is 325 g/mol. The zero-order valence-corrected chi connectivity index (χ0v) is 13.4. The Labute approximate surface area is 139 Å². The number of carbonyl (C=O) groups is 2. The van der Waals surface area contributed by atoms with E-state index >= 15 is 0 Å². The number of hydrogen-bond donors (Lipinski definition) is 3. The average Bonchev–Trinajstić information content (AvgIpc) is 3.16. The first-order valence-corrected chi connectivity index (χ1v) is 7.80. The second kappa shape index (κ2) is 6.99. The van der Waals surface area contributed by atoms with Crippen LogP contribution in [0.4, 0.5) is 10.6 Å². The van der Waals surface area contributed by atoms with E-state index in [1.54, 1.807) is 11.0 Å². The van der Waals surface area contributed by atoms with Gasteiger partial charge in [-0.05, 0) is 18.6 Å². The zero-order chi connectivity index (χ0) is 16.9. The van der Waals surface area contributed by atoms with Crippen molar-refractivity contribution in [1.82, 2.24) is 20.4 Å². The van der Waals surface area contributed by atoms with Crippen LogP contribution in [-0.2, 0) is 17.9 Å². The topological polar surface area (TPSA) is 90.1 Å². The summed E-state index contributed by atoms with van der Waals surface area (Å²) in [5.41, 5.74) is 2.58. The summed E-state index contributed by atoms with van der Waals surface area (Å²) in [6.07, 6.45) is 3.21. The molecule has 0 fully saturated rings. The number of aromatic amines is 1. The van der Waals surface area contributed by atoms with Gasteiger partial charge in [-0.1, -0.05) is 30.3 Å². The highest BCUT2D eigenvalue weighted by Crippen LogP contribution is 2.26. The van der Waals surface area contributed by atoms with Crippen molar-refractivity contribution in [3.05, 3.63) is 53.2 Å². The monoisotopic (exact) mass is 325 g/mol. The molecule has 0 spiro atoms. The van der Waals surface area contributed by atoms with E-state index in [4.69, 9.17) is 0 Å². The van der Waals surface area contributed by atoms with Gasteiger partial charge in [-0.2, -0.15) is 5.10 Å². The molecule has 0 bridgehead atoms. The van der Waals surface area contributed by atoms with E-state index in [9.17, 15) is 9.59 Å². The van der Waals surface area contributed by atoms with Gasteiger partial charge in [0.25, 0.3) is 0 Å². The summed E-state index contributed by atoms with van der Waals surface area (Å²) >= 11 is 0. The van der Waals surface area contributed by atoms with Crippen molar-refractivity contribution in [3.63, 3.8) is 0 Å². The first-order chi connectivity index (χ1) is 11.7. The van der Waals surface area contributed by atoms with Crippen LogP contribution in [0.25, 0.3) is 6.08 Å². The lowest BCUT2D eigenvalue weighted by atomic mass is 10.2. The highest BCUT2D eigenvalue weighted by molar-refractivity contribution is 6.01. The van der Waals surface area contributed by atoms with Gasteiger partial charge in [-0.25, -0.2) is 4.79 Å². The minimum atomic E-state index is -0.248. The molecular formula is C17H19N5O2. The van der Waals surface area contributed by atoms with Gasteiger partial charge in [-0.15, -0.1) is 0 Å². The molecule has 0 saturated heterocycles. The molecule has 2 heterocycles. The molecule has 0 saturated carbocycles. The molecule has 0 atom stereocenters. The molecule has 0 aliphatic carbocycles. The van der Waals surface area contributed by atoms with Crippen molar-refractivity contribution < 1.29 is 9.59 Å². The molecule has 0 radical (unpaired) electrons. The standard InChI is InChI=1S/C17H19N5O2/c1-2-18-17(24)22-10-13-14(11-22)20-21-16(13)19-15(23)9-8-12-6-4-3-5-7-12/h3-9H,2,10-11H2,1H3,(H,18,24)(H2,19,20,21,23). The molecule has 7 heteroatoms. The summed E-state index contributed by atoms with van der Waals surface area (Å²) in [5, 5.41) is 12.5. The predicted octanol–water partition coefficient (Wildman–Crippen LogP) is 2.11. The first-order valence-electron chi connectivity index (χ1n) is 7.80. The normalized spacial score (nSPS) is 13.1. The number of nitrogens with zero attached hydrogens (tertiary/aromatic N) is 2. The van der Waals surface area contributed by atoms with Gasteiger partial charge in [0.2, 0.25) is 5.91 Å². The molecule has 1 aliphatic heterocycles. The van der Waals surface area contributed by atoms with Gasteiger partial charge < -0.3 is 15.5 Å². The Morgan fingerprint density at radius 1 is 1.29 bits per heavy atom. The number of hydrogen-bond acceptors (Lipinski definition) is 3. The number of aromatic nitrogens is 2. The van der Waals surface area contributed by atoms with E-state index in [1.807, 2.05) is 37.3 Å². The fourth-order valence-electron chi connectivity index (χ4n) is 2.54. The van der Waals surface area contributed by atoms with E-state index in [2.05, 4.69) is 20.8 Å². The number of amides is 3. The highest BCUT2D eigenvalue weighted by Gasteiger charge is 2.28. The second-order valence-electron chi connectivity index (χ2n) is 5.45. The molecule has 0 unspecified atom stereocenters. The van der Waals surface area contributed by atoms with E-state index in [0.29, 0.717) is 25.5 Å². The van der Waals surface area contributed by atoms with Crippen LogP contribution < -0.4 is 10.6 Å². The van der Waals surface area contributed by atoms with E-state index in [-0.39, 0.29) is 11.9 Å². The molecule has 2 aromatic rings. The molecule has 1 aromatic carbocycles. The maximum Gasteiger partial charge on any atom is 0.318 e. The predicted molar refractivity (Wildman–Crippen MR) is 91.0 cm³/mol. The Balaban J connectivity index is 1.63. The van der Waals surface area contributed by atoms with Crippen LogP contribution >= 0.6 is 0 Å². The fraction of sp³-hybridized carbons (Fsp3) is 0.235. The number of fused-ring (bicyclic) bond motifs is 1. The molecule has 3 N–H and O–H groups in total. The number of rotatable bonds is 4. The Bertz CT molecular complexity index is 767. The zero-order valence-electron chi connectivity index (χ0n) is 13.4. The lowest BCUT2D eigenvalue weighted by Gasteiger charge is -2.15. The van der Waals surface area contributed by atoms with Crippen molar-refractivity contribution in [1.29, 1.82) is 0 Å². The van der Waals surface area contributed by atoms with Gasteiger partial charge in [0.1, 0.15) is 5.82 Å². The van der Waals surface area contributed by atoms with Gasteiger partial charge in [0.15, 0.2) is 0 Å². The Morgan fingerprint density at radius 3 is 2.83 bits per heavy atom. The molecule has 1 aromatic heterocycles. The van der Waals surface area contributed by atoms with Gasteiger partial charge in [0.05, 0.1) is 18.8 Å². The van der Waals surface area contributed by atoms with Gasteiger partial charge in [-0.3, -0.25) is 9.89 Å². The minimum Gasteiger partial charge on any atom is -0.338 e. The van der Waals surface area contributed by atoms with Crippen molar-refractivity contribution in [2.45, 2.75) is 20.0 Å². The van der Waals surface area contributed by atoms with E-state index in [0.717, 1.165) is 16.8 Å². The van der Waals surface area contributed by atoms with Crippen LogP contribution in [0.15, 0.2) is 36.4 Å². The van der Waals surface area contributed by atoms with E-state index in [1.165, 1.54) is 6.08 Å². The second-order valence-corrected chi connectivity index (χ2v) is 5.45. The first kappa shape index (κ1) is 15.8. The lowest BCUT2D eigenvalue weighted by molar-refractivity contribution is -0.111. The van der Waals surface area contributed by atoms with Crippen LogP contribution in [0.5, 0.6) is 0 Å². The molecule has 3 amide bonds. The van der Waals surface area contributed by atoms with Crippen LogP contribution in [0.2, 0.25) is 0 Å². The maximum absolute atomic E-state index is 12.1. The summed E-state index contributed by atoms with van der Waals surface area (Å²) in [5.74, 6) is 0.293. The largest absolute Gasteiger partial charge is 0.338 e. The molecular weight excluding hydrogens is 306 g/mol. The van der Waals surface area contributed by atoms with Crippen molar-refractivity contribution in [3.8, 4) is 0 Å². The summed E-state index contributed by atoms with van der Waals surface area (Å²) in [7, 11) is 0. The fourth-order valence-corrected chi connectivity index (χ4v) is 2.54. The molecule has 3 rings (SSSR count). The maximum atomic E-state index is 12.1. The summed E-state index contributed by atoms with van der Waals surface area (Å²) < 4.78 is 0. The summed E-state index contributed by atoms with van der Waals surface area (Å²) in [6, 6.07) is 9.46. The third-order valence-electron chi connectivity index (χ3n) is 3.73. The third-order valence-corrected chi connectivity index (χ3v) is 3.73. The summed E-state index contributed by atoms with van der Waals surface area (Å²) in [6.45, 7) is 3.31. The van der Waals surface area contributed by atoms with E-state index < -0.39 is 0 Å². The Hall–Kier alpha value is -3.09. The van der Waals surface area contributed by atoms with Crippen LogP contribution in [0, 0.1) is 0 Å². The van der Waals surface area contributed by atoms with Gasteiger partial charge in [0, 0.05) is 18.2 Å². The minimum absolute atomic E-state index is 0.128. The summed E-state index contributed by atoms with van der Waals surface area (Å²) in [4.78, 5) is 25.6. The molecule has 7 nitrogen and oxygen atoms in total. The van der Waals surface area contributed by atoms with Crippen molar-refractivity contribution in [2.75, 3.05) is 11.9 Å². The van der Waals surface area contributed by atoms with Crippen molar-refractivity contribution >= 4 is 23.8 Å². The van der Waals surface area contributed by atoms with Crippen LogP contribution in [0.3, 0.4) is 0 Å². The van der Waals surface area contributed by atoms with Crippen LogP contribution in [0.1, 0.15) is 23.7 Å². The lowest BCUT2D eigenvalue weighted by Crippen LogP contribution is -2.36. The smallest absolute Gasteiger partial charge is 0.318 e. The third kappa shape index (κ3) is 3.45. The molecule has 1 aliphatic rings. The number of benzene rings is 1.